The molecule has 1 aliphatic rings. The standard InChI is InChI=1S/C11H19NO2/c1-8(2)7-11(14)12-6-4-5-10(12)9(3)13/h8,10H,4-7H2,1-3H3. The molecule has 1 rings (SSSR count). The molecule has 0 saturated carbocycles. The third-order valence-electron chi connectivity index (χ3n) is 2.63. The molecule has 3 nitrogen and oxygen atoms in total. The first-order valence-corrected chi connectivity index (χ1v) is 5.32. The Morgan fingerprint density at radius 3 is 2.57 bits per heavy atom. The van der Waals surface area contributed by atoms with Crippen molar-refractivity contribution in [3.8, 4) is 0 Å². The number of amides is 1. The van der Waals surface area contributed by atoms with Gasteiger partial charge in [0.05, 0.1) is 6.04 Å². The first-order chi connectivity index (χ1) is 6.52. The summed E-state index contributed by atoms with van der Waals surface area (Å²) in [7, 11) is 0. The molecule has 0 N–H and O–H groups in total. The molecule has 1 aliphatic heterocycles. The highest BCUT2D eigenvalue weighted by atomic mass is 16.2. The van der Waals surface area contributed by atoms with Gasteiger partial charge in [0.15, 0.2) is 5.78 Å². The molecule has 1 fully saturated rings. The predicted molar refractivity (Wildman–Crippen MR) is 54.9 cm³/mol. The van der Waals surface area contributed by atoms with Gasteiger partial charge < -0.3 is 4.90 Å². The molecule has 0 aromatic carbocycles. The van der Waals surface area contributed by atoms with E-state index < -0.39 is 0 Å². The average Bonchev–Trinajstić information content (AvgIpc) is 2.49. The fourth-order valence-electron chi connectivity index (χ4n) is 1.95. The van der Waals surface area contributed by atoms with Gasteiger partial charge in [-0.05, 0) is 25.7 Å². The second-order valence-electron chi connectivity index (χ2n) is 4.45. The molecule has 3 heteroatoms. The normalized spacial score (nSPS) is 21.7. The molecular formula is C11H19NO2. The Labute approximate surface area is 85.5 Å². The van der Waals surface area contributed by atoms with Gasteiger partial charge >= 0.3 is 0 Å². The second kappa shape index (κ2) is 4.58. The number of rotatable bonds is 3. The maximum absolute atomic E-state index is 11.7. The summed E-state index contributed by atoms with van der Waals surface area (Å²) in [5.74, 6) is 0.632. The number of likely N-dealkylation sites (tertiary alicyclic amines) is 1. The molecule has 0 aromatic heterocycles. The topological polar surface area (TPSA) is 37.4 Å². The number of carbonyl (C=O) groups is 2. The van der Waals surface area contributed by atoms with Gasteiger partial charge in [-0.15, -0.1) is 0 Å². The second-order valence-corrected chi connectivity index (χ2v) is 4.45. The van der Waals surface area contributed by atoms with Gasteiger partial charge in [0, 0.05) is 13.0 Å². The summed E-state index contributed by atoms with van der Waals surface area (Å²) in [5, 5.41) is 0. The monoisotopic (exact) mass is 197 g/mol. The molecule has 1 amide bonds. The quantitative estimate of drug-likeness (QED) is 0.689. The Kier molecular flexibility index (Phi) is 3.67. The zero-order valence-electron chi connectivity index (χ0n) is 9.25. The number of Topliss-reactive ketones (excluding diaryl/α,β-unsaturated/α-hetero) is 1. The highest BCUT2D eigenvalue weighted by Crippen LogP contribution is 2.20. The van der Waals surface area contributed by atoms with Crippen molar-refractivity contribution >= 4 is 11.7 Å². The van der Waals surface area contributed by atoms with Gasteiger partial charge in [0.2, 0.25) is 5.91 Å². The van der Waals surface area contributed by atoms with Crippen molar-refractivity contribution in [1.82, 2.24) is 4.90 Å². The van der Waals surface area contributed by atoms with Crippen molar-refractivity contribution in [3.63, 3.8) is 0 Å². The predicted octanol–water partition coefficient (Wildman–Crippen LogP) is 1.61. The Hall–Kier alpha value is -0.860. The maximum atomic E-state index is 11.7. The van der Waals surface area contributed by atoms with Crippen molar-refractivity contribution in [2.75, 3.05) is 6.54 Å². The summed E-state index contributed by atoms with van der Waals surface area (Å²) >= 11 is 0. The van der Waals surface area contributed by atoms with Gasteiger partial charge in [0.1, 0.15) is 0 Å². The van der Waals surface area contributed by atoms with Crippen LogP contribution in [0.4, 0.5) is 0 Å². The third kappa shape index (κ3) is 2.56. The molecule has 0 aromatic rings. The Morgan fingerprint density at radius 1 is 1.43 bits per heavy atom. The SMILES string of the molecule is CC(=O)C1CCCN1C(=O)CC(C)C. The Bertz CT molecular complexity index is 235. The van der Waals surface area contributed by atoms with Crippen LogP contribution >= 0.6 is 0 Å². The van der Waals surface area contributed by atoms with Crippen LogP contribution in [0.1, 0.15) is 40.0 Å². The Morgan fingerprint density at radius 2 is 2.07 bits per heavy atom. The molecule has 0 bridgehead atoms. The van der Waals surface area contributed by atoms with E-state index in [1.807, 2.05) is 13.8 Å². The number of carbonyl (C=O) groups excluding carboxylic acids is 2. The minimum absolute atomic E-state index is 0.125. The largest absolute Gasteiger partial charge is 0.333 e. The van der Waals surface area contributed by atoms with Crippen LogP contribution in [0.3, 0.4) is 0 Å². The van der Waals surface area contributed by atoms with Crippen LogP contribution in [0.25, 0.3) is 0 Å². The average molecular weight is 197 g/mol. The molecule has 1 heterocycles. The molecular weight excluding hydrogens is 178 g/mol. The summed E-state index contributed by atoms with van der Waals surface area (Å²) < 4.78 is 0. The van der Waals surface area contributed by atoms with Crippen molar-refractivity contribution in [2.24, 2.45) is 5.92 Å². The zero-order chi connectivity index (χ0) is 10.7. The first kappa shape index (κ1) is 11.2. The number of hydrogen-bond acceptors (Lipinski definition) is 2. The molecule has 0 radical (unpaired) electrons. The van der Waals surface area contributed by atoms with Crippen LogP contribution in [0, 0.1) is 5.92 Å². The van der Waals surface area contributed by atoms with Crippen molar-refractivity contribution in [2.45, 2.75) is 46.1 Å². The molecule has 1 saturated heterocycles. The van der Waals surface area contributed by atoms with E-state index in [4.69, 9.17) is 0 Å². The Balaban J connectivity index is 2.58. The van der Waals surface area contributed by atoms with E-state index in [1.54, 1.807) is 11.8 Å². The molecule has 1 unspecified atom stereocenters. The van der Waals surface area contributed by atoms with Gasteiger partial charge in [-0.2, -0.15) is 0 Å². The molecule has 0 spiro atoms. The minimum atomic E-state index is -0.138. The van der Waals surface area contributed by atoms with Crippen LogP contribution in [0.5, 0.6) is 0 Å². The fourth-order valence-corrected chi connectivity index (χ4v) is 1.95. The lowest BCUT2D eigenvalue weighted by molar-refractivity contribution is -0.137. The van der Waals surface area contributed by atoms with Gasteiger partial charge in [-0.1, -0.05) is 13.8 Å². The van der Waals surface area contributed by atoms with Gasteiger partial charge in [0.25, 0.3) is 0 Å². The van der Waals surface area contributed by atoms with E-state index in [2.05, 4.69) is 0 Å². The van der Waals surface area contributed by atoms with E-state index in [-0.39, 0.29) is 17.7 Å². The highest BCUT2D eigenvalue weighted by Gasteiger charge is 2.31. The van der Waals surface area contributed by atoms with Gasteiger partial charge in [-0.3, -0.25) is 9.59 Å². The van der Waals surface area contributed by atoms with E-state index in [0.717, 1.165) is 19.4 Å². The summed E-state index contributed by atoms with van der Waals surface area (Å²) in [6.07, 6.45) is 2.37. The summed E-state index contributed by atoms with van der Waals surface area (Å²) in [6.45, 7) is 6.38. The van der Waals surface area contributed by atoms with Crippen LogP contribution in [0.15, 0.2) is 0 Å². The van der Waals surface area contributed by atoms with E-state index in [9.17, 15) is 9.59 Å². The smallest absolute Gasteiger partial charge is 0.223 e. The van der Waals surface area contributed by atoms with Gasteiger partial charge in [-0.25, -0.2) is 0 Å². The molecule has 80 valence electrons. The maximum Gasteiger partial charge on any atom is 0.223 e. The fraction of sp³-hybridized carbons (Fsp3) is 0.818. The van der Waals surface area contributed by atoms with Crippen molar-refractivity contribution in [3.05, 3.63) is 0 Å². The number of nitrogens with zero attached hydrogens (tertiary/aromatic N) is 1. The lowest BCUT2D eigenvalue weighted by atomic mass is 10.1. The lowest BCUT2D eigenvalue weighted by Gasteiger charge is -2.23. The van der Waals surface area contributed by atoms with Crippen LogP contribution in [-0.4, -0.2) is 29.2 Å². The third-order valence-corrected chi connectivity index (χ3v) is 2.63. The highest BCUT2D eigenvalue weighted by molar-refractivity contribution is 5.88. The lowest BCUT2D eigenvalue weighted by Crippen LogP contribution is -2.39. The summed E-state index contributed by atoms with van der Waals surface area (Å²) in [6, 6.07) is -0.138. The molecule has 1 atom stereocenters. The van der Waals surface area contributed by atoms with E-state index in [0.29, 0.717) is 12.3 Å². The van der Waals surface area contributed by atoms with Crippen LogP contribution in [0.2, 0.25) is 0 Å². The number of hydrogen-bond donors (Lipinski definition) is 0. The van der Waals surface area contributed by atoms with E-state index in [1.165, 1.54) is 0 Å². The first-order valence-electron chi connectivity index (χ1n) is 5.32. The minimum Gasteiger partial charge on any atom is -0.333 e. The number of ketones is 1. The molecule has 0 aliphatic carbocycles. The molecule has 14 heavy (non-hydrogen) atoms. The van der Waals surface area contributed by atoms with Crippen LogP contribution < -0.4 is 0 Å². The van der Waals surface area contributed by atoms with Crippen LogP contribution in [-0.2, 0) is 9.59 Å². The van der Waals surface area contributed by atoms with Crippen molar-refractivity contribution < 1.29 is 9.59 Å². The zero-order valence-corrected chi connectivity index (χ0v) is 9.25. The van der Waals surface area contributed by atoms with E-state index >= 15 is 0 Å². The van der Waals surface area contributed by atoms with Crippen molar-refractivity contribution in [1.29, 1.82) is 0 Å². The summed E-state index contributed by atoms with van der Waals surface area (Å²) in [4.78, 5) is 24.7. The summed E-state index contributed by atoms with van der Waals surface area (Å²) in [5.41, 5.74) is 0.